The maximum atomic E-state index is 9.62. The number of furan rings is 1. The number of rotatable bonds is 3. The molecule has 2 atom stereocenters. The van der Waals surface area contributed by atoms with Crippen LogP contribution in [-0.4, -0.2) is 26.3 Å². The summed E-state index contributed by atoms with van der Waals surface area (Å²) in [6, 6.07) is 14.0. The molecule has 1 aliphatic carbocycles. The smallest absolute Gasteiger partial charge is 0.155 e. The summed E-state index contributed by atoms with van der Waals surface area (Å²) in [6.45, 7) is 0.227. The van der Waals surface area contributed by atoms with Gasteiger partial charge in [-0.3, -0.25) is 0 Å². The van der Waals surface area contributed by atoms with Gasteiger partial charge in [0.15, 0.2) is 11.4 Å². The predicted molar refractivity (Wildman–Crippen MR) is 95.4 cm³/mol. The van der Waals surface area contributed by atoms with E-state index >= 15 is 0 Å². The van der Waals surface area contributed by atoms with Crippen molar-refractivity contribution in [2.45, 2.75) is 25.2 Å². The van der Waals surface area contributed by atoms with Crippen molar-refractivity contribution in [3.63, 3.8) is 0 Å². The van der Waals surface area contributed by atoms with Crippen molar-refractivity contribution >= 4 is 16.6 Å². The lowest BCUT2D eigenvalue weighted by atomic mass is 9.93. The maximum Gasteiger partial charge on any atom is 0.155 e. The molecular weight excluding hydrogens is 314 g/mol. The van der Waals surface area contributed by atoms with Crippen LogP contribution >= 0.6 is 0 Å². The average molecular weight is 333 g/mol. The van der Waals surface area contributed by atoms with Crippen LogP contribution in [0.1, 0.15) is 30.9 Å². The summed E-state index contributed by atoms with van der Waals surface area (Å²) >= 11 is 0. The predicted octanol–water partition coefficient (Wildman–Crippen LogP) is 4.02. The fraction of sp³-hybridized carbons (Fsp3) is 0.300. The fourth-order valence-electron chi connectivity index (χ4n) is 4.01. The molecule has 0 bridgehead atoms. The van der Waals surface area contributed by atoms with Crippen molar-refractivity contribution in [1.29, 1.82) is 0 Å². The zero-order valence-corrected chi connectivity index (χ0v) is 13.8. The summed E-state index contributed by atoms with van der Waals surface area (Å²) in [7, 11) is 0. The summed E-state index contributed by atoms with van der Waals surface area (Å²) in [4.78, 5) is 4.46. The quantitative estimate of drug-likeness (QED) is 0.615. The van der Waals surface area contributed by atoms with Gasteiger partial charge in [0.2, 0.25) is 0 Å². The molecular formula is C20H19N3O2. The van der Waals surface area contributed by atoms with Crippen LogP contribution in [0.25, 0.3) is 28.1 Å². The minimum atomic E-state index is 0.227. The van der Waals surface area contributed by atoms with E-state index < -0.39 is 0 Å². The molecule has 5 rings (SSSR count). The van der Waals surface area contributed by atoms with Crippen LogP contribution in [-0.2, 0) is 0 Å². The van der Waals surface area contributed by atoms with Gasteiger partial charge < -0.3 is 9.52 Å². The molecule has 4 aromatic rings. The number of aliphatic hydroxyl groups excluding tert-OH is 1. The largest absolute Gasteiger partial charge is 0.454 e. The molecule has 0 saturated heterocycles. The van der Waals surface area contributed by atoms with E-state index in [2.05, 4.69) is 4.98 Å². The van der Waals surface area contributed by atoms with Crippen molar-refractivity contribution in [3.8, 4) is 11.5 Å². The lowest BCUT2D eigenvalue weighted by Crippen LogP contribution is -2.13. The lowest BCUT2D eigenvalue weighted by Gasteiger charge is -2.16. The molecule has 5 nitrogen and oxygen atoms in total. The molecule has 0 spiro atoms. The van der Waals surface area contributed by atoms with Crippen LogP contribution in [0, 0.1) is 5.92 Å². The highest BCUT2D eigenvalue weighted by Gasteiger charge is 2.29. The number of imidazole rings is 1. The van der Waals surface area contributed by atoms with Gasteiger partial charge in [0, 0.05) is 17.9 Å². The van der Waals surface area contributed by atoms with E-state index in [1.807, 2.05) is 53.2 Å². The second-order valence-electron chi connectivity index (χ2n) is 6.80. The van der Waals surface area contributed by atoms with E-state index in [4.69, 9.17) is 9.52 Å². The molecule has 1 N–H and O–H groups in total. The standard InChI is InChI=1S/C20H19N3O2/c24-12-14-5-3-6-15(14)16-8-9-20-21-11-17(23(20)22-16)19-10-13-4-1-2-7-18(13)25-19/h1-2,4,7-11,14-15,24H,3,5-6,12H2/t14-,15?/m1/s1. The Kier molecular flexibility index (Phi) is 3.35. The zero-order valence-electron chi connectivity index (χ0n) is 13.8. The van der Waals surface area contributed by atoms with Gasteiger partial charge in [0.1, 0.15) is 11.3 Å². The SMILES string of the molecule is OC[C@H]1CCCC1c1ccc2ncc(-c3cc4ccccc4o3)n2n1. The number of benzene rings is 1. The normalized spacial score (nSPS) is 20.7. The molecule has 0 amide bonds. The topological polar surface area (TPSA) is 63.6 Å². The van der Waals surface area contributed by atoms with Crippen molar-refractivity contribution in [1.82, 2.24) is 14.6 Å². The van der Waals surface area contributed by atoms with Crippen molar-refractivity contribution < 1.29 is 9.52 Å². The minimum absolute atomic E-state index is 0.227. The van der Waals surface area contributed by atoms with E-state index in [1.165, 1.54) is 0 Å². The minimum Gasteiger partial charge on any atom is -0.454 e. The summed E-state index contributed by atoms with van der Waals surface area (Å²) in [5.41, 5.74) is 3.54. The molecule has 1 fully saturated rings. The van der Waals surface area contributed by atoms with E-state index in [0.717, 1.165) is 53.0 Å². The third-order valence-corrected chi connectivity index (χ3v) is 5.33. The first-order valence-corrected chi connectivity index (χ1v) is 8.78. The molecule has 1 saturated carbocycles. The summed E-state index contributed by atoms with van der Waals surface area (Å²) in [6.07, 6.45) is 5.11. The molecule has 3 heterocycles. The van der Waals surface area contributed by atoms with Crippen LogP contribution in [0.4, 0.5) is 0 Å². The Bertz CT molecular complexity index is 1020. The summed E-state index contributed by atoms with van der Waals surface area (Å²) in [5, 5.41) is 15.5. The van der Waals surface area contributed by atoms with Gasteiger partial charge >= 0.3 is 0 Å². The van der Waals surface area contributed by atoms with E-state index in [0.29, 0.717) is 11.8 Å². The third kappa shape index (κ3) is 2.35. The second kappa shape index (κ2) is 5.70. The first-order chi connectivity index (χ1) is 12.3. The van der Waals surface area contributed by atoms with Crippen LogP contribution in [0.15, 0.2) is 53.1 Å². The van der Waals surface area contributed by atoms with Crippen molar-refractivity contribution in [2.24, 2.45) is 5.92 Å². The van der Waals surface area contributed by atoms with Gasteiger partial charge in [-0.25, -0.2) is 9.50 Å². The first-order valence-electron chi connectivity index (χ1n) is 8.78. The van der Waals surface area contributed by atoms with Crippen LogP contribution in [0.5, 0.6) is 0 Å². The lowest BCUT2D eigenvalue weighted by molar-refractivity contribution is 0.216. The Labute approximate surface area is 144 Å². The van der Waals surface area contributed by atoms with E-state index in [-0.39, 0.29) is 6.61 Å². The molecule has 5 heteroatoms. The van der Waals surface area contributed by atoms with Crippen molar-refractivity contribution in [2.75, 3.05) is 6.61 Å². The number of aliphatic hydroxyl groups is 1. The molecule has 1 unspecified atom stereocenters. The molecule has 0 aliphatic heterocycles. The Hall–Kier alpha value is -2.66. The molecule has 126 valence electrons. The highest BCUT2D eigenvalue weighted by Crippen LogP contribution is 2.38. The first kappa shape index (κ1) is 14.7. The van der Waals surface area contributed by atoms with Gasteiger partial charge in [-0.15, -0.1) is 0 Å². The number of hydrogen-bond acceptors (Lipinski definition) is 4. The third-order valence-electron chi connectivity index (χ3n) is 5.33. The molecule has 25 heavy (non-hydrogen) atoms. The monoisotopic (exact) mass is 333 g/mol. The summed E-state index contributed by atoms with van der Waals surface area (Å²) in [5.74, 6) is 1.40. The number of para-hydroxylation sites is 1. The van der Waals surface area contributed by atoms with E-state index in [1.54, 1.807) is 0 Å². The molecule has 0 radical (unpaired) electrons. The number of nitrogens with zero attached hydrogens (tertiary/aromatic N) is 3. The van der Waals surface area contributed by atoms with Crippen molar-refractivity contribution in [3.05, 3.63) is 54.4 Å². The van der Waals surface area contributed by atoms with Crippen LogP contribution in [0.3, 0.4) is 0 Å². The van der Waals surface area contributed by atoms with Gasteiger partial charge in [-0.1, -0.05) is 24.6 Å². The van der Waals surface area contributed by atoms with Gasteiger partial charge in [0.05, 0.1) is 11.9 Å². The Morgan fingerprint density at radius 1 is 1.16 bits per heavy atom. The number of aromatic nitrogens is 3. The fourth-order valence-corrected chi connectivity index (χ4v) is 4.01. The van der Waals surface area contributed by atoms with E-state index in [9.17, 15) is 5.11 Å². The molecule has 1 aliphatic rings. The molecule has 1 aromatic carbocycles. The van der Waals surface area contributed by atoms with Gasteiger partial charge in [0.25, 0.3) is 0 Å². The Morgan fingerprint density at radius 2 is 2.08 bits per heavy atom. The molecule has 3 aromatic heterocycles. The number of hydrogen-bond donors (Lipinski definition) is 1. The zero-order chi connectivity index (χ0) is 16.8. The number of fused-ring (bicyclic) bond motifs is 2. The average Bonchev–Trinajstić information content (AvgIpc) is 3.37. The second-order valence-corrected chi connectivity index (χ2v) is 6.80. The van der Waals surface area contributed by atoms with Crippen LogP contribution in [0.2, 0.25) is 0 Å². The van der Waals surface area contributed by atoms with Gasteiger partial charge in [-0.05, 0) is 43.0 Å². The van der Waals surface area contributed by atoms with Crippen LogP contribution < -0.4 is 0 Å². The van der Waals surface area contributed by atoms with Gasteiger partial charge in [-0.2, -0.15) is 5.10 Å². The maximum absolute atomic E-state index is 9.62. The highest BCUT2D eigenvalue weighted by atomic mass is 16.3. The Balaban J connectivity index is 1.62. The highest BCUT2D eigenvalue weighted by molar-refractivity contribution is 5.82. The summed E-state index contributed by atoms with van der Waals surface area (Å²) < 4.78 is 7.85. The Morgan fingerprint density at radius 3 is 2.96 bits per heavy atom.